The molecule has 1 N–H and O–H groups in total. The number of tetrazole rings is 1. The van der Waals surface area contributed by atoms with Crippen LogP contribution >= 0.6 is 23.2 Å². The third-order valence-electron chi connectivity index (χ3n) is 3.08. The molecular weight excluding hydrogens is 325 g/mol. The molecule has 2 aromatic heterocycles. The maximum Gasteiger partial charge on any atom is 0.248 e. The van der Waals surface area contributed by atoms with Crippen LogP contribution in [0.15, 0.2) is 30.7 Å². The van der Waals surface area contributed by atoms with Crippen LogP contribution < -0.4 is 5.32 Å². The fourth-order valence-corrected chi connectivity index (χ4v) is 2.26. The monoisotopic (exact) mass is 335 g/mol. The molecular formula is C13H11Cl2N7. The summed E-state index contributed by atoms with van der Waals surface area (Å²) in [6.07, 6.45) is 3.25. The summed E-state index contributed by atoms with van der Waals surface area (Å²) in [4.78, 5) is 8.14. The van der Waals surface area contributed by atoms with E-state index in [2.05, 4.69) is 30.8 Å². The number of anilines is 1. The number of aromatic nitrogens is 6. The quantitative estimate of drug-likeness (QED) is 0.789. The molecule has 0 spiro atoms. The SMILES string of the molecule is Cc1ncncc1CNc1nnnn1-c1cccc(Cl)c1Cl. The summed E-state index contributed by atoms with van der Waals surface area (Å²) in [5.41, 5.74) is 2.44. The lowest BCUT2D eigenvalue weighted by Crippen LogP contribution is -2.09. The second kappa shape index (κ2) is 6.25. The molecule has 22 heavy (non-hydrogen) atoms. The standard InChI is InChI=1S/C13H11Cl2N7/c1-8-9(5-16-7-18-8)6-17-13-19-20-21-22(13)11-4-2-3-10(14)12(11)15/h2-5,7H,6H2,1H3,(H,17,19,21). The van der Waals surface area contributed by atoms with Gasteiger partial charge < -0.3 is 5.32 Å². The summed E-state index contributed by atoms with van der Waals surface area (Å²) < 4.78 is 1.49. The van der Waals surface area contributed by atoms with Gasteiger partial charge in [-0.2, -0.15) is 4.68 Å². The van der Waals surface area contributed by atoms with Crippen LogP contribution in [0.4, 0.5) is 5.95 Å². The van der Waals surface area contributed by atoms with Gasteiger partial charge in [0.15, 0.2) is 0 Å². The van der Waals surface area contributed by atoms with Crippen molar-refractivity contribution in [2.75, 3.05) is 5.32 Å². The number of aryl methyl sites for hydroxylation is 1. The van der Waals surface area contributed by atoms with Gasteiger partial charge in [0.05, 0.1) is 15.7 Å². The van der Waals surface area contributed by atoms with Gasteiger partial charge in [0, 0.05) is 24.0 Å². The van der Waals surface area contributed by atoms with Crippen molar-refractivity contribution in [2.45, 2.75) is 13.5 Å². The molecule has 0 aliphatic rings. The lowest BCUT2D eigenvalue weighted by Gasteiger charge is -2.09. The van der Waals surface area contributed by atoms with Crippen molar-refractivity contribution < 1.29 is 0 Å². The molecule has 0 bridgehead atoms. The van der Waals surface area contributed by atoms with Gasteiger partial charge in [0.2, 0.25) is 5.95 Å². The number of benzene rings is 1. The number of hydrogen-bond donors (Lipinski definition) is 1. The van der Waals surface area contributed by atoms with E-state index in [4.69, 9.17) is 23.2 Å². The van der Waals surface area contributed by atoms with E-state index < -0.39 is 0 Å². The van der Waals surface area contributed by atoms with E-state index in [0.717, 1.165) is 11.3 Å². The molecule has 7 nitrogen and oxygen atoms in total. The Hall–Kier alpha value is -2.25. The predicted octanol–water partition coefficient (Wildman–Crippen LogP) is 2.68. The number of hydrogen-bond acceptors (Lipinski definition) is 6. The molecule has 112 valence electrons. The highest BCUT2D eigenvalue weighted by Crippen LogP contribution is 2.29. The third kappa shape index (κ3) is 2.86. The average molecular weight is 336 g/mol. The van der Waals surface area contributed by atoms with Crippen LogP contribution in [0.1, 0.15) is 11.3 Å². The van der Waals surface area contributed by atoms with E-state index >= 15 is 0 Å². The van der Waals surface area contributed by atoms with Crippen LogP contribution in [0.5, 0.6) is 0 Å². The van der Waals surface area contributed by atoms with Gasteiger partial charge in [-0.15, -0.1) is 0 Å². The second-order valence-corrected chi connectivity index (χ2v) is 5.26. The minimum atomic E-state index is 0.388. The Morgan fingerprint density at radius 2 is 2.14 bits per heavy atom. The number of nitrogens with one attached hydrogen (secondary N) is 1. The molecule has 0 saturated heterocycles. The van der Waals surface area contributed by atoms with Gasteiger partial charge >= 0.3 is 0 Å². The van der Waals surface area contributed by atoms with E-state index in [1.807, 2.05) is 6.92 Å². The first-order valence-electron chi connectivity index (χ1n) is 6.39. The Kier molecular flexibility index (Phi) is 4.17. The van der Waals surface area contributed by atoms with E-state index in [9.17, 15) is 0 Å². The molecule has 9 heteroatoms. The van der Waals surface area contributed by atoms with Crippen LogP contribution in [0.3, 0.4) is 0 Å². The molecule has 3 rings (SSSR count). The smallest absolute Gasteiger partial charge is 0.248 e. The van der Waals surface area contributed by atoms with Gasteiger partial charge in [0.1, 0.15) is 6.33 Å². The molecule has 0 unspecified atom stereocenters. The zero-order chi connectivity index (χ0) is 15.5. The number of rotatable bonds is 4. The second-order valence-electron chi connectivity index (χ2n) is 4.47. The molecule has 0 aliphatic carbocycles. The molecule has 3 aromatic rings. The summed E-state index contributed by atoms with van der Waals surface area (Å²) in [7, 11) is 0. The molecule has 2 heterocycles. The molecule has 0 aliphatic heterocycles. The van der Waals surface area contributed by atoms with Gasteiger partial charge in [-0.1, -0.05) is 34.4 Å². The van der Waals surface area contributed by atoms with Crippen molar-refractivity contribution in [3.8, 4) is 5.69 Å². The molecule has 0 amide bonds. The first-order chi connectivity index (χ1) is 10.7. The lowest BCUT2D eigenvalue weighted by atomic mass is 10.2. The Bertz CT molecular complexity index is 803. The van der Waals surface area contributed by atoms with Gasteiger partial charge in [-0.25, -0.2) is 9.97 Å². The molecule has 0 radical (unpaired) electrons. The van der Waals surface area contributed by atoms with E-state index in [-0.39, 0.29) is 0 Å². The van der Waals surface area contributed by atoms with Crippen molar-refractivity contribution in [3.05, 3.63) is 52.0 Å². The highest BCUT2D eigenvalue weighted by atomic mass is 35.5. The summed E-state index contributed by atoms with van der Waals surface area (Å²) in [6, 6.07) is 5.27. The Balaban J connectivity index is 1.87. The van der Waals surface area contributed by atoms with Crippen LogP contribution in [-0.4, -0.2) is 30.2 Å². The maximum atomic E-state index is 6.20. The zero-order valence-corrected chi connectivity index (χ0v) is 13.0. The highest BCUT2D eigenvalue weighted by molar-refractivity contribution is 6.43. The van der Waals surface area contributed by atoms with Crippen molar-refractivity contribution in [1.29, 1.82) is 0 Å². The van der Waals surface area contributed by atoms with E-state index in [1.54, 1.807) is 24.4 Å². The molecule has 0 fully saturated rings. The van der Waals surface area contributed by atoms with Gasteiger partial charge in [-0.3, -0.25) is 0 Å². The third-order valence-corrected chi connectivity index (χ3v) is 3.89. The molecule has 0 saturated carbocycles. The lowest BCUT2D eigenvalue weighted by molar-refractivity contribution is 0.789. The Morgan fingerprint density at radius 1 is 1.27 bits per heavy atom. The Labute approximate surface area is 136 Å². The Morgan fingerprint density at radius 3 is 2.95 bits per heavy atom. The van der Waals surface area contributed by atoms with Crippen molar-refractivity contribution >= 4 is 29.2 Å². The topological polar surface area (TPSA) is 81.4 Å². The number of halogens is 2. The van der Waals surface area contributed by atoms with E-state index in [0.29, 0.717) is 28.2 Å². The minimum Gasteiger partial charge on any atom is -0.349 e. The molecule has 0 atom stereocenters. The number of nitrogens with zero attached hydrogens (tertiary/aromatic N) is 6. The van der Waals surface area contributed by atoms with Gasteiger partial charge in [0.25, 0.3) is 0 Å². The normalized spacial score (nSPS) is 10.7. The van der Waals surface area contributed by atoms with Crippen LogP contribution in [-0.2, 0) is 6.54 Å². The van der Waals surface area contributed by atoms with E-state index in [1.165, 1.54) is 11.0 Å². The first kappa shape index (κ1) is 14.7. The zero-order valence-electron chi connectivity index (χ0n) is 11.5. The van der Waals surface area contributed by atoms with Crippen molar-refractivity contribution in [2.24, 2.45) is 0 Å². The van der Waals surface area contributed by atoms with Crippen LogP contribution in [0, 0.1) is 6.92 Å². The van der Waals surface area contributed by atoms with Gasteiger partial charge in [-0.05, 0) is 29.5 Å². The fraction of sp³-hybridized carbons (Fsp3) is 0.154. The van der Waals surface area contributed by atoms with Crippen molar-refractivity contribution in [1.82, 2.24) is 30.2 Å². The summed E-state index contributed by atoms with van der Waals surface area (Å²) >= 11 is 12.2. The summed E-state index contributed by atoms with van der Waals surface area (Å²) in [5.74, 6) is 0.451. The minimum absolute atomic E-state index is 0.388. The highest BCUT2D eigenvalue weighted by Gasteiger charge is 2.13. The van der Waals surface area contributed by atoms with Crippen LogP contribution in [0.2, 0.25) is 10.0 Å². The maximum absolute atomic E-state index is 6.20. The average Bonchev–Trinajstić information content (AvgIpc) is 2.97. The fourth-order valence-electron chi connectivity index (χ4n) is 1.88. The summed E-state index contributed by atoms with van der Waals surface area (Å²) in [5, 5.41) is 15.5. The summed E-state index contributed by atoms with van der Waals surface area (Å²) in [6.45, 7) is 2.40. The van der Waals surface area contributed by atoms with Crippen molar-refractivity contribution in [3.63, 3.8) is 0 Å². The largest absolute Gasteiger partial charge is 0.349 e. The van der Waals surface area contributed by atoms with Crippen LogP contribution in [0.25, 0.3) is 5.69 Å². The predicted molar refractivity (Wildman–Crippen MR) is 83.3 cm³/mol. The first-order valence-corrected chi connectivity index (χ1v) is 7.14. The molecule has 1 aromatic carbocycles.